The van der Waals surface area contributed by atoms with Gasteiger partial charge in [0.15, 0.2) is 0 Å². The number of hydrogen-bond acceptors (Lipinski definition) is 5. The number of nitrogens with one attached hydrogen (secondary N) is 2. The molecule has 0 aliphatic rings. The lowest BCUT2D eigenvalue weighted by atomic mass is 10.0. The fourth-order valence-electron chi connectivity index (χ4n) is 2.38. The Morgan fingerprint density at radius 1 is 1.11 bits per heavy atom. The van der Waals surface area contributed by atoms with E-state index in [1.807, 2.05) is 13.8 Å². The molecule has 2 aromatic rings. The van der Waals surface area contributed by atoms with Crippen molar-refractivity contribution in [2.24, 2.45) is 5.92 Å². The molecule has 2 amide bonds. The van der Waals surface area contributed by atoms with Gasteiger partial charge in [-0.2, -0.15) is 0 Å². The highest BCUT2D eigenvalue weighted by atomic mass is 16.4. The summed E-state index contributed by atoms with van der Waals surface area (Å²) in [5, 5.41) is 16.2. The summed E-state index contributed by atoms with van der Waals surface area (Å²) in [5.74, 6) is -2.27. The first kappa shape index (κ1) is 20.0. The van der Waals surface area contributed by atoms with Crippen LogP contribution in [0.2, 0.25) is 0 Å². The van der Waals surface area contributed by atoms with E-state index in [0.29, 0.717) is 11.3 Å². The van der Waals surface area contributed by atoms with Gasteiger partial charge in [-0.3, -0.25) is 9.59 Å². The summed E-state index contributed by atoms with van der Waals surface area (Å²) in [6.45, 7) is 3.66. The van der Waals surface area contributed by atoms with E-state index in [9.17, 15) is 19.5 Å². The number of aliphatic carboxylic acids is 1. The van der Waals surface area contributed by atoms with Gasteiger partial charge in [0.2, 0.25) is 0 Å². The summed E-state index contributed by atoms with van der Waals surface area (Å²) in [4.78, 5) is 36.3. The smallest absolute Gasteiger partial charge is 0.268 e. The zero-order valence-electron chi connectivity index (χ0n) is 15.1. The summed E-state index contributed by atoms with van der Waals surface area (Å²) in [6, 6.07) is 10.4. The van der Waals surface area contributed by atoms with Crippen molar-refractivity contribution < 1.29 is 23.9 Å². The van der Waals surface area contributed by atoms with Crippen LogP contribution in [-0.2, 0) is 9.59 Å². The number of hydrogen-bond donors (Lipinski definition) is 2. The summed E-state index contributed by atoms with van der Waals surface area (Å²) in [7, 11) is 0. The maximum atomic E-state index is 12.6. The molecule has 27 heavy (non-hydrogen) atoms. The maximum absolute atomic E-state index is 12.6. The third-order valence-corrected chi connectivity index (χ3v) is 3.66. The molecule has 1 atom stereocenters. The number of furan rings is 1. The normalized spacial score (nSPS) is 12.5. The van der Waals surface area contributed by atoms with Crippen LogP contribution in [-0.4, -0.2) is 23.8 Å². The van der Waals surface area contributed by atoms with Crippen molar-refractivity contribution in [3.8, 4) is 0 Å². The first-order valence-corrected chi connectivity index (χ1v) is 8.50. The number of benzene rings is 1. The van der Waals surface area contributed by atoms with Gasteiger partial charge in [-0.05, 0) is 36.6 Å². The van der Waals surface area contributed by atoms with E-state index >= 15 is 0 Å². The molecule has 1 heterocycles. The van der Waals surface area contributed by atoms with Crippen molar-refractivity contribution in [2.45, 2.75) is 26.3 Å². The number of rotatable bonds is 8. The molecular weight excluding hydrogens is 348 g/mol. The fourth-order valence-corrected chi connectivity index (χ4v) is 2.38. The van der Waals surface area contributed by atoms with Gasteiger partial charge in [0.1, 0.15) is 11.5 Å². The SMILES string of the molecule is CC(C)C[C@@H](NC(=O)/C(=C\c1ccco1)NC(=O)c1ccccc1)C(=O)[O-]. The minimum absolute atomic E-state index is 0.0320. The van der Waals surface area contributed by atoms with Crippen molar-refractivity contribution in [1.82, 2.24) is 10.6 Å². The summed E-state index contributed by atoms with van der Waals surface area (Å²) >= 11 is 0. The van der Waals surface area contributed by atoms with Crippen LogP contribution < -0.4 is 15.7 Å². The molecule has 7 nitrogen and oxygen atoms in total. The molecule has 0 unspecified atom stereocenters. The van der Waals surface area contributed by atoms with Gasteiger partial charge in [-0.15, -0.1) is 0 Å². The maximum Gasteiger partial charge on any atom is 0.268 e. The first-order valence-electron chi connectivity index (χ1n) is 8.50. The van der Waals surface area contributed by atoms with Gasteiger partial charge < -0.3 is 25.0 Å². The minimum Gasteiger partial charge on any atom is -0.548 e. The van der Waals surface area contributed by atoms with Gasteiger partial charge >= 0.3 is 0 Å². The lowest BCUT2D eigenvalue weighted by Crippen LogP contribution is -2.50. The predicted molar refractivity (Wildman–Crippen MR) is 97.0 cm³/mol. The average molecular weight is 369 g/mol. The molecule has 1 aromatic carbocycles. The fraction of sp³-hybridized carbons (Fsp3) is 0.250. The molecule has 0 bridgehead atoms. The van der Waals surface area contributed by atoms with Crippen molar-refractivity contribution >= 4 is 23.9 Å². The summed E-state index contributed by atoms with van der Waals surface area (Å²) < 4.78 is 5.18. The molecule has 2 N–H and O–H groups in total. The summed E-state index contributed by atoms with van der Waals surface area (Å²) in [5.41, 5.74) is 0.225. The Morgan fingerprint density at radius 3 is 2.37 bits per heavy atom. The first-order chi connectivity index (χ1) is 12.9. The van der Waals surface area contributed by atoms with Crippen LogP contribution in [0.25, 0.3) is 6.08 Å². The van der Waals surface area contributed by atoms with Crippen LogP contribution >= 0.6 is 0 Å². The Balaban J connectivity index is 2.23. The molecule has 7 heteroatoms. The molecule has 0 radical (unpaired) electrons. The van der Waals surface area contributed by atoms with E-state index in [-0.39, 0.29) is 18.0 Å². The number of amides is 2. The Morgan fingerprint density at radius 2 is 1.81 bits per heavy atom. The number of carbonyl (C=O) groups excluding carboxylic acids is 3. The molecule has 0 saturated carbocycles. The van der Waals surface area contributed by atoms with E-state index in [0.717, 1.165) is 0 Å². The van der Waals surface area contributed by atoms with E-state index in [2.05, 4.69) is 10.6 Å². The highest BCUT2D eigenvalue weighted by Crippen LogP contribution is 2.10. The lowest BCUT2D eigenvalue weighted by Gasteiger charge is -2.22. The van der Waals surface area contributed by atoms with E-state index in [4.69, 9.17) is 4.42 Å². The second-order valence-corrected chi connectivity index (χ2v) is 6.37. The zero-order valence-corrected chi connectivity index (χ0v) is 15.1. The van der Waals surface area contributed by atoms with Gasteiger partial charge in [0, 0.05) is 11.6 Å². The Hall–Kier alpha value is -3.35. The monoisotopic (exact) mass is 369 g/mol. The minimum atomic E-state index is -1.39. The van der Waals surface area contributed by atoms with Gasteiger partial charge in [0.25, 0.3) is 11.8 Å². The van der Waals surface area contributed by atoms with Crippen molar-refractivity contribution in [2.75, 3.05) is 0 Å². The second-order valence-electron chi connectivity index (χ2n) is 6.37. The predicted octanol–water partition coefficient (Wildman–Crippen LogP) is 1.33. The van der Waals surface area contributed by atoms with Gasteiger partial charge in [-0.1, -0.05) is 32.0 Å². The standard InChI is InChI=1S/C20H22N2O5/c1-13(2)11-17(20(25)26)22-19(24)16(12-15-9-6-10-27-15)21-18(23)14-7-4-3-5-8-14/h3-10,12-13,17H,11H2,1-2H3,(H,21,23)(H,22,24)(H,25,26)/p-1/b16-12+/t17-/m1/s1. The van der Waals surface area contributed by atoms with Crippen LogP contribution in [0.4, 0.5) is 0 Å². The van der Waals surface area contributed by atoms with Crippen LogP contribution in [0.3, 0.4) is 0 Å². The third kappa shape index (κ3) is 6.14. The highest BCUT2D eigenvalue weighted by Gasteiger charge is 2.20. The van der Waals surface area contributed by atoms with Crippen LogP contribution in [0.15, 0.2) is 58.8 Å². The average Bonchev–Trinajstić information content (AvgIpc) is 3.13. The Labute approximate surface area is 157 Å². The number of carbonyl (C=O) groups is 3. The van der Waals surface area contributed by atoms with Gasteiger partial charge in [-0.25, -0.2) is 0 Å². The van der Waals surface area contributed by atoms with Gasteiger partial charge in [0.05, 0.1) is 18.3 Å². The van der Waals surface area contributed by atoms with Crippen molar-refractivity contribution in [1.29, 1.82) is 0 Å². The molecular formula is C20H21N2O5-. The third-order valence-electron chi connectivity index (χ3n) is 3.66. The van der Waals surface area contributed by atoms with E-state index < -0.39 is 23.8 Å². The van der Waals surface area contributed by atoms with Crippen LogP contribution in [0, 0.1) is 5.92 Å². The Kier molecular flexibility index (Phi) is 6.93. The van der Waals surface area contributed by atoms with E-state index in [1.54, 1.807) is 42.5 Å². The molecule has 1 aromatic heterocycles. The van der Waals surface area contributed by atoms with Crippen molar-refractivity contribution in [3.05, 3.63) is 65.7 Å². The van der Waals surface area contributed by atoms with E-state index in [1.165, 1.54) is 12.3 Å². The molecule has 142 valence electrons. The zero-order chi connectivity index (χ0) is 19.8. The highest BCUT2D eigenvalue weighted by molar-refractivity contribution is 6.05. The largest absolute Gasteiger partial charge is 0.548 e. The molecule has 0 aliphatic heterocycles. The molecule has 0 spiro atoms. The Bertz CT molecular complexity index is 810. The van der Waals surface area contributed by atoms with Crippen molar-refractivity contribution in [3.63, 3.8) is 0 Å². The second kappa shape index (κ2) is 9.38. The lowest BCUT2D eigenvalue weighted by molar-refractivity contribution is -0.308. The van der Waals surface area contributed by atoms with Crippen LogP contribution in [0.1, 0.15) is 36.4 Å². The van der Waals surface area contributed by atoms with Crippen LogP contribution in [0.5, 0.6) is 0 Å². The molecule has 0 fully saturated rings. The molecule has 0 aliphatic carbocycles. The molecule has 0 saturated heterocycles. The molecule has 2 rings (SSSR count). The quantitative estimate of drug-likeness (QED) is 0.682. The number of carboxylic acids is 1. The summed E-state index contributed by atoms with van der Waals surface area (Å²) in [6.07, 6.45) is 2.95. The number of carboxylic acid groups (broad SMARTS) is 1. The topological polar surface area (TPSA) is 111 Å².